The van der Waals surface area contributed by atoms with E-state index in [0.717, 1.165) is 29.9 Å². The number of rotatable bonds is 14. The van der Waals surface area contributed by atoms with Gasteiger partial charge in [-0.3, -0.25) is 9.59 Å². The zero-order valence-corrected chi connectivity index (χ0v) is 28.7. The van der Waals surface area contributed by atoms with E-state index in [-0.39, 0.29) is 35.7 Å². The predicted molar refractivity (Wildman–Crippen MR) is 175 cm³/mol. The van der Waals surface area contributed by atoms with Crippen LogP contribution in [0.25, 0.3) is 0 Å². The second-order valence-corrected chi connectivity index (χ2v) is 15.9. The van der Waals surface area contributed by atoms with Gasteiger partial charge in [0.1, 0.15) is 5.60 Å². The summed E-state index contributed by atoms with van der Waals surface area (Å²) in [5, 5.41) is 3.71. The summed E-state index contributed by atoms with van der Waals surface area (Å²) < 4.78 is 11.3. The molecule has 44 heavy (non-hydrogen) atoms. The van der Waals surface area contributed by atoms with Crippen LogP contribution in [0.3, 0.4) is 0 Å². The Bertz CT molecular complexity index is 1140. The Kier molecular flexibility index (Phi) is 11.3. The van der Waals surface area contributed by atoms with Crippen molar-refractivity contribution >= 4 is 29.6 Å². The van der Waals surface area contributed by atoms with Crippen LogP contribution >= 0.6 is 11.6 Å². The average Bonchev–Trinajstić information content (AvgIpc) is 2.96. The van der Waals surface area contributed by atoms with Crippen LogP contribution in [0.4, 0.5) is 4.79 Å². The van der Waals surface area contributed by atoms with Gasteiger partial charge in [-0.05, 0) is 117 Å². The standard InChI is InChI=1S/C36H55ClN2O5/c1-7-35(6,8-2)44-33(42)39(15-13-31(40)43-24-34(3,4)5)14-9-10-25-11-12-30(37)29(19-25)32(41)38-23-36-20-26-16-27(21-36)18-28(17-26)22-36/h11-12,19,26-28H,7-10,13-18,20-24H2,1-6H3,(H,38,41). The fourth-order valence-corrected chi connectivity index (χ4v) is 8.01. The maximum Gasteiger partial charge on any atom is 0.410 e. The molecule has 4 saturated carbocycles. The molecule has 8 heteroatoms. The molecule has 4 aliphatic rings. The molecule has 0 unspecified atom stereocenters. The minimum absolute atomic E-state index is 0.106. The van der Waals surface area contributed by atoms with Gasteiger partial charge < -0.3 is 19.7 Å². The Morgan fingerprint density at radius 1 is 0.977 bits per heavy atom. The van der Waals surface area contributed by atoms with Crippen LogP contribution in [0.15, 0.2) is 18.2 Å². The van der Waals surface area contributed by atoms with Gasteiger partial charge in [0.15, 0.2) is 0 Å². The van der Waals surface area contributed by atoms with Gasteiger partial charge in [0.2, 0.25) is 0 Å². The Morgan fingerprint density at radius 2 is 1.59 bits per heavy atom. The van der Waals surface area contributed by atoms with E-state index >= 15 is 0 Å². The van der Waals surface area contributed by atoms with E-state index in [1.54, 1.807) is 11.0 Å². The highest BCUT2D eigenvalue weighted by atomic mass is 35.5. The quantitative estimate of drug-likeness (QED) is 0.209. The van der Waals surface area contributed by atoms with Crippen LogP contribution in [0.1, 0.15) is 122 Å². The average molecular weight is 631 g/mol. The summed E-state index contributed by atoms with van der Waals surface area (Å²) in [6, 6.07) is 5.62. The highest BCUT2D eigenvalue weighted by Crippen LogP contribution is 2.59. The van der Waals surface area contributed by atoms with Gasteiger partial charge >= 0.3 is 12.1 Å². The first-order chi connectivity index (χ1) is 20.7. The Labute approximate surface area is 270 Å². The normalized spacial score (nSPS) is 24.2. The lowest BCUT2D eigenvalue weighted by Gasteiger charge is -2.56. The van der Waals surface area contributed by atoms with E-state index in [2.05, 4.69) is 5.32 Å². The number of benzene rings is 1. The van der Waals surface area contributed by atoms with Crippen molar-refractivity contribution in [2.45, 2.75) is 118 Å². The Morgan fingerprint density at radius 3 is 2.16 bits per heavy atom. The summed E-state index contributed by atoms with van der Waals surface area (Å²) >= 11 is 6.51. The van der Waals surface area contributed by atoms with Crippen molar-refractivity contribution in [3.8, 4) is 0 Å². The second kappa shape index (κ2) is 14.4. The Balaban J connectivity index is 1.33. The number of halogens is 1. The maximum absolute atomic E-state index is 13.3. The lowest BCUT2D eigenvalue weighted by Crippen LogP contribution is -2.51. The highest BCUT2D eigenvalue weighted by Gasteiger charge is 2.50. The summed E-state index contributed by atoms with van der Waals surface area (Å²) in [7, 11) is 0. The van der Waals surface area contributed by atoms with E-state index < -0.39 is 11.7 Å². The maximum atomic E-state index is 13.3. The van der Waals surface area contributed by atoms with E-state index in [0.29, 0.717) is 49.4 Å². The lowest BCUT2D eigenvalue weighted by molar-refractivity contribution is -0.146. The molecule has 2 amide bonds. The van der Waals surface area contributed by atoms with Crippen LogP contribution in [-0.4, -0.2) is 54.7 Å². The van der Waals surface area contributed by atoms with Crippen LogP contribution in [0.2, 0.25) is 5.02 Å². The highest BCUT2D eigenvalue weighted by molar-refractivity contribution is 6.33. The topological polar surface area (TPSA) is 84.9 Å². The number of amides is 2. The molecule has 0 radical (unpaired) electrons. The number of esters is 1. The van der Waals surface area contributed by atoms with Gasteiger partial charge in [-0.25, -0.2) is 4.79 Å². The summed E-state index contributed by atoms with van der Waals surface area (Å²) in [6.07, 6.45) is 10.3. The molecule has 4 fully saturated rings. The molecule has 7 nitrogen and oxygen atoms in total. The third-order valence-electron chi connectivity index (χ3n) is 10.3. The van der Waals surface area contributed by atoms with Crippen molar-refractivity contribution < 1.29 is 23.9 Å². The summed E-state index contributed by atoms with van der Waals surface area (Å²) in [5.74, 6) is 2.09. The smallest absolute Gasteiger partial charge is 0.410 e. The molecule has 246 valence electrons. The van der Waals surface area contributed by atoms with E-state index in [1.165, 1.54) is 38.5 Å². The van der Waals surface area contributed by atoms with E-state index in [4.69, 9.17) is 21.1 Å². The molecule has 0 heterocycles. The Hall–Kier alpha value is -2.28. The fraction of sp³-hybridized carbons (Fsp3) is 0.750. The molecule has 1 aromatic rings. The second-order valence-electron chi connectivity index (χ2n) is 15.5. The largest absolute Gasteiger partial charge is 0.465 e. The van der Waals surface area contributed by atoms with Gasteiger partial charge in [0.05, 0.1) is 23.6 Å². The van der Waals surface area contributed by atoms with Gasteiger partial charge in [-0.1, -0.05) is 52.3 Å². The number of carbonyl (C=O) groups is 3. The van der Waals surface area contributed by atoms with Crippen molar-refractivity contribution in [3.63, 3.8) is 0 Å². The number of nitrogens with zero attached hydrogens (tertiary/aromatic N) is 1. The van der Waals surface area contributed by atoms with Crippen molar-refractivity contribution in [2.75, 3.05) is 26.2 Å². The first kappa shape index (κ1) is 34.6. The third kappa shape index (κ3) is 9.37. The fourth-order valence-electron chi connectivity index (χ4n) is 7.80. The monoisotopic (exact) mass is 630 g/mol. The third-order valence-corrected chi connectivity index (χ3v) is 10.6. The molecule has 1 N–H and O–H groups in total. The number of aryl methyl sites for hydroxylation is 1. The van der Waals surface area contributed by atoms with Crippen molar-refractivity contribution in [2.24, 2.45) is 28.6 Å². The van der Waals surface area contributed by atoms with Crippen LogP contribution < -0.4 is 5.32 Å². The lowest BCUT2D eigenvalue weighted by atomic mass is 9.49. The van der Waals surface area contributed by atoms with Gasteiger partial charge in [0.25, 0.3) is 5.91 Å². The first-order valence-corrected chi connectivity index (χ1v) is 17.3. The number of carbonyl (C=O) groups excluding carboxylic acids is 3. The summed E-state index contributed by atoms with van der Waals surface area (Å²) in [6.45, 7) is 13.7. The minimum Gasteiger partial charge on any atom is -0.465 e. The van der Waals surface area contributed by atoms with Crippen LogP contribution in [-0.2, 0) is 20.7 Å². The van der Waals surface area contributed by atoms with E-state index in [9.17, 15) is 14.4 Å². The molecular formula is C36H55ClN2O5. The molecule has 4 bridgehead atoms. The van der Waals surface area contributed by atoms with Gasteiger partial charge in [0, 0.05) is 19.6 Å². The molecule has 0 atom stereocenters. The molecule has 4 aliphatic carbocycles. The number of hydrogen-bond donors (Lipinski definition) is 1. The SMILES string of the molecule is CCC(C)(CC)OC(=O)N(CCCc1ccc(Cl)c(C(=O)NCC23CC4CC(CC(C4)C2)C3)c1)CCC(=O)OCC(C)(C)C. The zero-order valence-electron chi connectivity index (χ0n) is 27.9. The van der Waals surface area contributed by atoms with Crippen LogP contribution in [0.5, 0.6) is 0 Å². The van der Waals surface area contributed by atoms with Crippen molar-refractivity contribution in [1.82, 2.24) is 10.2 Å². The van der Waals surface area contributed by atoms with Crippen LogP contribution in [0, 0.1) is 28.6 Å². The predicted octanol–water partition coefficient (Wildman–Crippen LogP) is 8.22. The molecule has 0 aromatic heterocycles. The molecule has 0 aliphatic heterocycles. The number of ether oxygens (including phenoxy) is 2. The zero-order chi connectivity index (χ0) is 32.1. The van der Waals surface area contributed by atoms with E-state index in [1.807, 2.05) is 53.7 Å². The summed E-state index contributed by atoms with van der Waals surface area (Å²) in [4.78, 5) is 40.6. The molecule has 0 spiro atoms. The number of nitrogens with one attached hydrogen (secondary N) is 1. The van der Waals surface area contributed by atoms with Crippen molar-refractivity contribution in [3.05, 3.63) is 34.3 Å². The number of hydrogen-bond acceptors (Lipinski definition) is 5. The minimum atomic E-state index is -0.559. The van der Waals surface area contributed by atoms with Crippen molar-refractivity contribution in [1.29, 1.82) is 0 Å². The first-order valence-electron chi connectivity index (χ1n) is 16.9. The molecule has 5 rings (SSSR count). The molecule has 0 saturated heterocycles. The van der Waals surface area contributed by atoms with Gasteiger partial charge in [-0.2, -0.15) is 0 Å². The van der Waals surface area contributed by atoms with Gasteiger partial charge in [-0.15, -0.1) is 0 Å². The molecule has 1 aromatic carbocycles. The summed E-state index contributed by atoms with van der Waals surface area (Å²) in [5.41, 5.74) is 1.07. The molecular weight excluding hydrogens is 576 g/mol.